The van der Waals surface area contributed by atoms with E-state index in [-0.39, 0.29) is 0 Å². The maximum atomic E-state index is 5.26. The highest BCUT2D eigenvalue weighted by molar-refractivity contribution is 5.36. The molecule has 0 unspecified atom stereocenters. The number of rotatable bonds is 5. The normalized spacial score (nSPS) is 15.5. The molecule has 1 saturated carbocycles. The van der Waals surface area contributed by atoms with Gasteiger partial charge in [-0.15, -0.1) is 0 Å². The van der Waals surface area contributed by atoms with Gasteiger partial charge in [0.1, 0.15) is 5.75 Å². The van der Waals surface area contributed by atoms with Gasteiger partial charge in [-0.2, -0.15) is 0 Å². The van der Waals surface area contributed by atoms with Crippen LogP contribution in [0, 0.1) is 6.92 Å². The molecule has 1 aliphatic carbocycles. The summed E-state index contributed by atoms with van der Waals surface area (Å²) in [6, 6.07) is 7.34. The van der Waals surface area contributed by atoms with Crippen LogP contribution in [-0.4, -0.2) is 31.6 Å². The van der Waals surface area contributed by atoms with Crippen molar-refractivity contribution in [2.45, 2.75) is 32.2 Å². The van der Waals surface area contributed by atoms with Gasteiger partial charge in [0, 0.05) is 12.6 Å². The lowest BCUT2D eigenvalue weighted by molar-refractivity contribution is 0.328. The molecule has 0 atom stereocenters. The molecule has 0 spiro atoms. The molecule has 0 aliphatic heterocycles. The van der Waals surface area contributed by atoms with Crippen molar-refractivity contribution in [3.05, 3.63) is 29.3 Å². The first-order chi connectivity index (χ1) is 7.70. The SMILES string of the molecule is COc1ccc(CCN(C)C2CC2)cc1C. The van der Waals surface area contributed by atoms with E-state index in [0.29, 0.717) is 0 Å². The molecule has 1 aromatic rings. The minimum Gasteiger partial charge on any atom is -0.496 e. The predicted octanol–water partition coefficient (Wildman–Crippen LogP) is 2.64. The van der Waals surface area contributed by atoms with E-state index in [9.17, 15) is 0 Å². The zero-order valence-electron chi connectivity index (χ0n) is 10.5. The van der Waals surface area contributed by atoms with E-state index in [1.165, 1.54) is 24.0 Å². The Labute approximate surface area is 98.2 Å². The fourth-order valence-corrected chi connectivity index (χ4v) is 2.10. The zero-order valence-corrected chi connectivity index (χ0v) is 10.5. The molecule has 1 aromatic carbocycles. The van der Waals surface area contributed by atoms with Crippen molar-refractivity contribution < 1.29 is 4.74 Å². The highest BCUT2D eigenvalue weighted by Crippen LogP contribution is 2.25. The molecule has 0 aromatic heterocycles. The number of nitrogens with zero attached hydrogens (tertiary/aromatic N) is 1. The molecule has 0 saturated heterocycles. The molecule has 1 fully saturated rings. The lowest BCUT2D eigenvalue weighted by atomic mass is 10.1. The van der Waals surface area contributed by atoms with Crippen LogP contribution in [0.2, 0.25) is 0 Å². The molecule has 1 aliphatic rings. The Hall–Kier alpha value is -1.02. The van der Waals surface area contributed by atoms with Crippen LogP contribution in [-0.2, 0) is 6.42 Å². The highest BCUT2D eigenvalue weighted by atomic mass is 16.5. The maximum absolute atomic E-state index is 5.26. The molecule has 88 valence electrons. The van der Waals surface area contributed by atoms with Crippen molar-refractivity contribution in [2.24, 2.45) is 0 Å². The molecule has 0 N–H and O–H groups in total. The van der Waals surface area contributed by atoms with E-state index >= 15 is 0 Å². The van der Waals surface area contributed by atoms with Crippen LogP contribution in [0.3, 0.4) is 0 Å². The molecular formula is C14H21NO. The quantitative estimate of drug-likeness (QED) is 0.755. The Balaban J connectivity index is 1.91. The monoisotopic (exact) mass is 219 g/mol. The molecule has 0 amide bonds. The van der Waals surface area contributed by atoms with Crippen LogP contribution in [0.25, 0.3) is 0 Å². The average molecular weight is 219 g/mol. The van der Waals surface area contributed by atoms with Crippen molar-refractivity contribution in [1.82, 2.24) is 4.90 Å². The highest BCUT2D eigenvalue weighted by Gasteiger charge is 2.25. The second-order valence-corrected chi connectivity index (χ2v) is 4.77. The largest absolute Gasteiger partial charge is 0.496 e. The lowest BCUT2D eigenvalue weighted by Gasteiger charge is -2.15. The summed E-state index contributed by atoms with van der Waals surface area (Å²) >= 11 is 0. The first-order valence-corrected chi connectivity index (χ1v) is 6.04. The third-order valence-electron chi connectivity index (χ3n) is 3.38. The molecule has 2 rings (SSSR count). The van der Waals surface area contributed by atoms with Gasteiger partial charge in [-0.3, -0.25) is 0 Å². The van der Waals surface area contributed by atoms with E-state index in [1.807, 2.05) is 0 Å². The van der Waals surface area contributed by atoms with E-state index in [4.69, 9.17) is 4.74 Å². The molecular weight excluding hydrogens is 198 g/mol. The van der Waals surface area contributed by atoms with Crippen LogP contribution < -0.4 is 4.74 Å². The Morgan fingerprint density at radius 1 is 1.38 bits per heavy atom. The standard InChI is InChI=1S/C14H21NO/c1-11-10-12(4-7-14(11)16-3)8-9-15(2)13-5-6-13/h4,7,10,13H,5-6,8-9H2,1-3H3. The van der Waals surface area contributed by atoms with Crippen LogP contribution in [0.5, 0.6) is 5.75 Å². The van der Waals surface area contributed by atoms with E-state index < -0.39 is 0 Å². The number of hydrogen-bond acceptors (Lipinski definition) is 2. The second-order valence-electron chi connectivity index (χ2n) is 4.77. The summed E-state index contributed by atoms with van der Waals surface area (Å²) in [4.78, 5) is 2.47. The average Bonchev–Trinajstić information content (AvgIpc) is 3.10. The predicted molar refractivity (Wildman–Crippen MR) is 67.1 cm³/mol. The van der Waals surface area contributed by atoms with Crippen molar-refractivity contribution in [3.63, 3.8) is 0 Å². The van der Waals surface area contributed by atoms with Crippen LogP contribution in [0.15, 0.2) is 18.2 Å². The summed E-state index contributed by atoms with van der Waals surface area (Å²) in [6.07, 6.45) is 3.91. The zero-order chi connectivity index (χ0) is 11.5. The van der Waals surface area contributed by atoms with Crippen molar-refractivity contribution in [3.8, 4) is 5.75 Å². The maximum Gasteiger partial charge on any atom is 0.121 e. The van der Waals surface area contributed by atoms with Gasteiger partial charge < -0.3 is 9.64 Å². The number of benzene rings is 1. The molecule has 0 bridgehead atoms. The summed E-state index contributed by atoms with van der Waals surface area (Å²) in [5.74, 6) is 0.985. The first-order valence-electron chi connectivity index (χ1n) is 6.04. The van der Waals surface area contributed by atoms with Crippen LogP contribution in [0.1, 0.15) is 24.0 Å². The van der Waals surface area contributed by atoms with Gasteiger partial charge >= 0.3 is 0 Å². The Kier molecular flexibility index (Phi) is 3.49. The first kappa shape index (κ1) is 11.5. The van der Waals surface area contributed by atoms with Gasteiger partial charge in [-0.1, -0.05) is 12.1 Å². The van der Waals surface area contributed by atoms with Gasteiger partial charge in [0.05, 0.1) is 7.11 Å². The minimum atomic E-state index is 0.861. The number of ether oxygens (including phenoxy) is 1. The Morgan fingerprint density at radius 2 is 2.12 bits per heavy atom. The minimum absolute atomic E-state index is 0.861. The van der Waals surface area contributed by atoms with Crippen molar-refractivity contribution >= 4 is 0 Å². The van der Waals surface area contributed by atoms with Gasteiger partial charge in [-0.25, -0.2) is 0 Å². The molecule has 0 radical (unpaired) electrons. The van der Waals surface area contributed by atoms with Gasteiger partial charge in [0.2, 0.25) is 0 Å². The lowest BCUT2D eigenvalue weighted by Crippen LogP contribution is -2.23. The van der Waals surface area contributed by atoms with Crippen molar-refractivity contribution in [2.75, 3.05) is 20.7 Å². The third kappa shape index (κ3) is 2.76. The smallest absolute Gasteiger partial charge is 0.121 e. The molecule has 0 heterocycles. The van der Waals surface area contributed by atoms with Crippen LogP contribution in [0.4, 0.5) is 0 Å². The number of hydrogen-bond donors (Lipinski definition) is 0. The molecule has 16 heavy (non-hydrogen) atoms. The van der Waals surface area contributed by atoms with E-state index in [2.05, 4.69) is 37.1 Å². The molecule has 2 nitrogen and oxygen atoms in total. The summed E-state index contributed by atoms with van der Waals surface area (Å²) < 4.78 is 5.26. The van der Waals surface area contributed by atoms with Gasteiger partial charge in [0.25, 0.3) is 0 Å². The fourth-order valence-electron chi connectivity index (χ4n) is 2.10. The Morgan fingerprint density at radius 3 is 2.69 bits per heavy atom. The van der Waals surface area contributed by atoms with Gasteiger partial charge in [0.15, 0.2) is 0 Å². The summed E-state index contributed by atoms with van der Waals surface area (Å²) in [5.41, 5.74) is 2.64. The Bertz CT molecular complexity index is 358. The summed E-state index contributed by atoms with van der Waals surface area (Å²) in [5, 5.41) is 0. The fraction of sp³-hybridized carbons (Fsp3) is 0.571. The van der Waals surface area contributed by atoms with E-state index in [1.54, 1.807) is 7.11 Å². The summed E-state index contributed by atoms with van der Waals surface area (Å²) in [6.45, 7) is 3.27. The molecule has 2 heteroatoms. The number of likely N-dealkylation sites (N-methyl/N-ethyl adjacent to an activating group) is 1. The second kappa shape index (κ2) is 4.88. The summed E-state index contributed by atoms with van der Waals surface area (Å²) in [7, 11) is 3.96. The van der Waals surface area contributed by atoms with Crippen molar-refractivity contribution in [1.29, 1.82) is 0 Å². The topological polar surface area (TPSA) is 12.5 Å². The number of aryl methyl sites for hydroxylation is 1. The number of methoxy groups -OCH3 is 1. The van der Waals surface area contributed by atoms with Crippen LogP contribution >= 0.6 is 0 Å². The third-order valence-corrected chi connectivity index (χ3v) is 3.38. The van der Waals surface area contributed by atoms with E-state index in [0.717, 1.165) is 24.8 Å². The van der Waals surface area contributed by atoms with Gasteiger partial charge in [-0.05, 0) is 50.4 Å².